The number of rotatable bonds is 3. The van der Waals surface area contributed by atoms with Crippen molar-refractivity contribution in [2.45, 2.75) is 13.0 Å². The van der Waals surface area contributed by atoms with Crippen molar-refractivity contribution in [2.24, 2.45) is 0 Å². The van der Waals surface area contributed by atoms with Gasteiger partial charge in [-0.1, -0.05) is 24.3 Å². The number of morpholine rings is 1. The highest BCUT2D eigenvalue weighted by atomic mass is 32.1. The Hall–Kier alpha value is -2.25. The molecular formula is C16H16N2O4S. The maximum absolute atomic E-state index is 12.5. The van der Waals surface area contributed by atoms with Crippen molar-refractivity contribution >= 4 is 23.2 Å². The number of aliphatic carboxylic acids is 1. The number of amides is 1. The zero-order valence-electron chi connectivity index (χ0n) is 12.6. The van der Waals surface area contributed by atoms with Crippen LogP contribution in [0.5, 0.6) is 0 Å². The van der Waals surface area contributed by atoms with E-state index in [1.165, 1.54) is 16.2 Å². The molecule has 1 aromatic carbocycles. The lowest BCUT2D eigenvalue weighted by Gasteiger charge is -2.30. The van der Waals surface area contributed by atoms with Crippen LogP contribution < -0.4 is 0 Å². The van der Waals surface area contributed by atoms with Gasteiger partial charge < -0.3 is 14.7 Å². The predicted molar refractivity (Wildman–Crippen MR) is 85.6 cm³/mol. The number of benzene rings is 1. The summed E-state index contributed by atoms with van der Waals surface area (Å²) >= 11 is 1.41. The molecule has 0 spiro atoms. The van der Waals surface area contributed by atoms with Crippen LogP contribution in [0, 0.1) is 6.92 Å². The minimum atomic E-state index is -1.05. The van der Waals surface area contributed by atoms with E-state index < -0.39 is 12.1 Å². The standard InChI is InChI=1S/C16H16N2O4S/c1-10-4-2-3-5-11(10)14-17-12(9-23-14)15(19)18-6-7-22-13(8-18)16(20)21/h2-5,9,13H,6-8H2,1H3,(H,20,21)/t13-/m0/s1. The lowest BCUT2D eigenvalue weighted by Crippen LogP contribution is -2.48. The first-order valence-electron chi connectivity index (χ1n) is 7.21. The molecule has 0 radical (unpaired) electrons. The SMILES string of the molecule is Cc1ccccc1-c1nc(C(=O)N2CCO[C@H](C(=O)O)C2)cs1. The molecule has 1 atom stereocenters. The van der Waals surface area contributed by atoms with Gasteiger partial charge in [-0.05, 0) is 12.5 Å². The van der Waals surface area contributed by atoms with Crippen LogP contribution in [-0.4, -0.2) is 52.7 Å². The molecule has 1 N–H and O–H groups in total. The zero-order valence-corrected chi connectivity index (χ0v) is 13.4. The van der Waals surface area contributed by atoms with Gasteiger partial charge in [0.25, 0.3) is 5.91 Å². The third-order valence-electron chi connectivity index (χ3n) is 3.73. The summed E-state index contributed by atoms with van der Waals surface area (Å²) < 4.78 is 5.13. The number of aryl methyl sites for hydroxylation is 1. The predicted octanol–water partition coefficient (Wildman–Crippen LogP) is 2.04. The molecule has 0 aliphatic carbocycles. The van der Waals surface area contributed by atoms with Crippen molar-refractivity contribution in [1.82, 2.24) is 9.88 Å². The average molecular weight is 332 g/mol. The molecule has 2 heterocycles. The van der Waals surface area contributed by atoms with E-state index >= 15 is 0 Å². The van der Waals surface area contributed by atoms with E-state index in [0.29, 0.717) is 12.2 Å². The number of hydrogen-bond donors (Lipinski definition) is 1. The highest BCUT2D eigenvalue weighted by molar-refractivity contribution is 7.13. The molecule has 120 valence electrons. The highest BCUT2D eigenvalue weighted by Gasteiger charge is 2.30. The molecule has 23 heavy (non-hydrogen) atoms. The summed E-state index contributed by atoms with van der Waals surface area (Å²) in [6.45, 7) is 2.64. The summed E-state index contributed by atoms with van der Waals surface area (Å²) in [7, 11) is 0. The van der Waals surface area contributed by atoms with Crippen LogP contribution >= 0.6 is 11.3 Å². The third kappa shape index (κ3) is 3.25. The molecule has 1 aromatic heterocycles. The monoisotopic (exact) mass is 332 g/mol. The number of carbonyl (C=O) groups is 2. The van der Waals surface area contributed by atoms with Crippen molar-refractivity contribution in [1.29, 1.82) is 0 Å². The van der Waals surface area contributed by atoms with Crippen molar-refractivity contribution in [3.8, 4) is 10.6 Å². The van der Waals surface area contributed by atoms with Crippen molar-refractivity contribution in [2.75, 3.05) is 19.7 Å². The summed E-state index contributed by atoms with van der Waals surface area (Å²) in [6.07, 6.45) is -0.970. The van der Waals surface area contributed by atoms with E-state index in [-0.39, 0.29) is 19.1 Å². The number of thiazole rings is 1. The minimum Gasteiger partial charge on any atom is -0.479 e. The quantitative estimate of drug-likeness (QED) is 0.930. The molecule has 1 amide bonds. The van der Waals surface area contributed by atoms with E-state index in [1.54, 1.807) is 5.38 Å². The number of nitrogens with zero attached hydrogens (tertiary/aromatic N) is 2. The Morgan fingerprint density at radius 3 is 2.91 bits per heavy atom. The smallest absolute Gasteiger partial charge is 0.334 e. The van der Waals surface area contributed by atoms with E-state index in [9.17, 15) is 9.59 Å². The number of aromatic nitrogens is 1. The first-order chi connectivity index (χ1) is 11.1. The van der Waals surface area contributed by atoms with Crippen molar-refractivity contribution in [3.05, 3.63) is 40.9 Å². The summed E-state index contributed by atoms with van der Waals surface area (Å²) in [5, 5.41) is 11.5. The third-order valence-corrected chi connectivity index (χ3v) is 4.60. The van der Waals surface area contributed by atoms with Crippen LogP contribution in [0.25, 0.3) is 10.6 Å². The van der Waals surface area contributed by atoms with Gasteiger partial charge in [-0.3, -0.25) is 4.79 Å². The van der Waals surface area contributed by atoms with Crippen molar-refractivity contribution in [3.63, 3.8) is 0 Å². The summed E-state index contributed by atoms with van der Waals surface area (Å²) in [4.78, 5) is 29.4. The van der Waals surface area contributed by atoms with Gasteiger partial charge in [0, 0.05) is 17.5 Å². The van der Waals surface area contributed by atoms with Crippen LogP contribution in [0.2, 0.25) is 0 Å². The normalized spacial score (nSPS) is 18.0. The van der Waals surface area contributed by atoms with Crippen LogP contribution in [-0.2, 0) is 9.53 Å². The fourth-order valence-electron chi connectivity index (χ4n) is 2.45. The Morgan fingerprint density at radius 1 is 1.39 bits per heavy atom. The van der Waals surface area contributed by atoms with Gasteiger partial charge in [-0.25, -0.2) is 9.78 Å². The summed E-state index contributed by atoms with van der Waals surface area (Å²) in [5.41, 5.74) is 2.44. The van der Waals surface area contributed by atoms with Gasteiger partial charge in [0.05, 0.1) is 13.2 Å². The maximum atomic E-state index is 12.5. The second-order valence-electron chi connectivity index (χ2n) is 5.30. The van der Waals surface area contributed by atoms with Crippen LogP contribution in [0.3, 0.4) is 0 Å². The molecule has 0 bridgehead atoms. The largest absolute Gasteiger partial charge is 0.479 e. The second-order valence-corrected chi connectivity index (χ2v) is 6.16. The first-order valence-corrected chi connectivity index (χ1v) is 8.09. The van der Waals surface area contributed by atoms with Gasteiger partial charge >= 0.3 is 5.97 Å². The molecule has 2 aromatic rings. The molecule has 1 saturated heterocycles. The molecule has 3 rings (SSSR count). The van der Waals surface area contributed by atoms with Crippen molar-refractivity contribution < 1.29 is 19.4 Å². The number of carboxylic acid groups (broad SMARTS) is 1. The topological polar surface area (TPSA) is 79.7 Å². The van der Waals surface area contributed by atoms with Gasteiger partial charge in [0.15, 0.2) is 6.10 Å². The zero-order chi connectivity index (χ0) is 16.4. The Balaban J connectivity index is 1.79. The fourth-order valence-corrected chi connectivity index (χ4v) is 3.34. The van der Waals surface area contributed by atoms with E-state index in [2.05, 4.69) is 4.98 Å². The van der Waals surface area contributed by atoms with Crippen LogP contribution in [0.15, 0.2) is 29.6 Å². The fraction of sp³-hybridized carbons (Fsp3) is 0.312. The molecule has 1 fully saturated rings. The Kier molecular flexibility index (Phi) is 4.40. The van der Waals surface area contributed by atoms with Gasteiger partial charge in [0.2, 0.25) is 0 Å². The average Bonchev–Trinajstić information content (AvgIpc) is 3.04. The minimum absolute atomic E-state index is 0.0470. The number of carboxylic acids is 1. The molecule has 1 aliphatic heterocycles. The Bertz CT molecular complexity index is 743. The summed E-state index contributed by atoms with van der Waals surface area (Å²) in [6, 6.07) is 7.86. The highest BCUT2D eigenvalue weighted by Crippen LogP contribution is 2.27. The number of ether oxygens (including phenoxy) is 1. The van der Waals surface area contributed by atoms with E-state index in [1.807, 2.05) is 31.2 Å². The molecule has 1 aliphatic rings. The van der Waals surface area contributed by atoms with Gasteiger partial charge in [-0.2, -0.15) is 0 Å². The van der Waals surface area contributed by atoms with Gasteiger partial charge in [-0.15, -0.1) is 11.3 Å². The maximum Gasteiger partial charge on any atom is 0.334 e. The lowest BCUT2D eigenvalue weighted by molar-refractivity contribution is -0.154. The molecule has 0 unspecified atom stereocenters. The van der Waals surface area contributed by atoms with Gasteiger partial charge in [0.1, 0.15) is 10.7 Å². The molecule has 7 heteroatoms. The Labute approximate surface area is 137 Å². The molecule has 0 saturated carbocycles. The van der Waals surface area contributed by atoms with E-state index in [4.69, 9.17) is 9.84 Å². The second kappa shape index (κ2) is 6.47. The summed E-state index contributed by atoms with van der Waals surface area (Å²) in [5.74, 6) is -1.31. The first kappa shape index (κ1) is 15.6. The van der Waals surface area contributed by atoms with E-state index in [0.717, 1.165) is 16.1 Å². The number of hydrogen-bond acceptors (Lipinski definition) is 5. The van der Waals surface area contributed by atoms with Crippen LogP contribution in [0.1, 0.15) is 16.1 Å². The molecular weight excluding hydrogens is 316 g/mol. The lowest BCUT2D eigenvalue weighted by atomic mass is 10.1. The molecule has 6 nitrogen and oxygen atoms in total. The van der Waals surface area contributed by atoms with Crippen LogP contribution in [0.4, 0.5) is 0 Å². The Morgan fingerprint density at radius 2 is 2.17 bits per heavy atom. The number of carbonyl (C=O) groups excluding carboxylic acids is 1.